The molecule has 0 amide bonds. The molecule has 0 radical (unpaired) electrons. The Balaban J connectivity index is 1.50. The van der Waals surface area contributed by atoms with E-state index in [1.165, 1.54) is 25.9 Å². The first-order valence-corrected chi connectivity index (χ1v) is 7.80. The van der Waals surface area contributed by atoms with Crippen LogP contribution in [0, 0.1) is 5.92 Å². The van der Waals surface area contributed by atoms with Crippen molar-refractivity contribution in [1.29, 1.82) is 0 Å². The van der Waals surface area contributed by atoms with Crippen molar-refractivity contribution in [2.45, 2.75) is 31.8 Å². The number of aromatic nitrogens is 1. The fraction of sp³-hybridized carbons (Fsp3) is 0.471. The van der Waals surface area contributed by atoms with Gasteiger partial charge >= 0.3 is 0 Å². The lowest BCUT2D eigenvalue weighted by Gasteiger charge is -2.50. The van der Waals surface area contributed by atoms with Gasteiger partial charge in [-0.2, -0.15) is 0 Å². The van der Waals surface area contributed by atoms with Crippen molar-refractivity contribution in [3.63, 3.8) is 0 Å². The number of hydrogen-bond acceptors (Lipinski definition) is 4. The first kappa shape index (κ1) is 12.9. The predicted octanol–water partition coefficient (Wildman–Crippen LogP) is 3.24. The number of rotatable bonds is 3. The van der Waals surface area contributed by atoms with E-state index in [4.69, 9.17) is 4.42 Å². The Hall–Kier alpha value is -1.81. The Morgan fingerprint density at radius 1 is 1.19 bits per heavy atom. The van der Waals surface area contributed by atoms with Gasteiger partial charge in [0.1, 0.15) is 5.82 Å². The van der Waals surface area contributed by atoms with Gasteiger partial charge in [-0.3, -0.25) is 4.90 Å². The summed E-state index contributed by atoms with van der Waals surface area (Å²) in [6.45, 7) is 4.86. The summed E-state index contributed by atoms with van der Waals surface area (Å²) in [7, 11) is 0. The van der Waals surface area contributed by atoms with E-state index in [1.54, 1.807) is 12.5 Å². The predicted molar refractivity (Wildman–Crippen MR) is 83.1 cm³/mol. The Kier molecular flexibility index (Phi) is 3.19. The van der Waals surface area contributed by atoms with Gasteiger partial charge in [0.05, 0.1) is 12.5 Å². The number of nitrogens with zero attached hydrogens (tertiary/aromatic N) is 2. The normalized spacial score (nSPS) is 31.3. The summed E-state index contributed by atoms with van der Waals surface area (Å²) in [6, 6.07) is 7.27. The highest BCUT2D eigenvalue weighted by Gasteiger charge is 2.39. The Bertz CT molecular complexity index is 583. The number of nitrogens with one attached hydrogen (secondary N) is 1. The van der Waals surface area contributed by atoms with Crippen LogP contribution in [0.5, 0.6) is 0 Å². The molecular formula is C17H21N3O. The van der Waals surface area contributed by atoms with Gasteiger partial charge in [0.2, 0.25) is 0 Å². The first-order valence-electron chi connectivity index (χ1n) is 7.80. The molecule has 110 valence electrons. The van der Waals surface area contributed by atoms with E-state index in [-0.39, 0.29) is 0 Å². The maximum atomic E-state index is 5.12. The third-order valence-corrected chi connectivity index (χ3v) is 5.11. The smallest absolute Gasteiger partial charge is 0.126 e. The number of furan rings is 1. The number of fused-ring (bicyclic) bond motifs is 3. The van der Waals surface area contributed by atoms with Crippen LogP contribution in [0.2, 0.25) is 0 Å². The van der Waals surface area contributed by atoms with Crippen LogP contribution in [0.1, 0.15) is 19.8 Å². The third-order valence-electron chi connectivity index (χ3n) is 5.11. The molecule has 3 fully saturated rings. The zero-order chi connectivity index (χ0) is 14.2. The van der Waals surface area contributed by atoms with Crippen LogP contribution in [-0.2, 0) is 0 Å². The molecular weight excluding hydrogens is 262 g/mol. The molecule has 3 aliphatic rings. The summed E-state index contributed by atoms with van der Waals surface area (Å²) in [6.07, 6.45) is 7.99. The highest BCUT2D eigenvalue weighted by atomic mass is 16.3. The van der Waals surface area contributed by atoms with Crippen molar-refractivity contribution < 1.29 is 4.42 Å². The molecule has 0 aliphatic carbocycles. The molecule has 1 N–H and O–H groups in total. The van der Waals surface area contributed by atoms with E-state index in [0.29, 0.717) is 12.1 Å². The highest BCUT2D eigenvalue weighted by Crippen LogP contribution is 2.34. The van der Waals surface area contributed by atoms with Crippen LogP contribution >= 0.6 is 0 Å². The summed E-state index contributed by atoms with van der Waals surface area (Å²) in [5.74, 6) is 1.77. The zero-order valence-corrected chi connectivity index (χ0v) is 12.3. The molecule has 4 heteroatoms. The lowest BCUT2D eigenvalue weighted by molar-refractivity contribution is 0.0457. The molecule has 2 aromatic rings. The summed E-state index contributed by atoms with van der Waals surface area (Å²) in [4.78, 5) is 7.17. The fourth-order valence-electron chi connectivity index (χ4n) is 3.79. The van der Waals surface area contributed by atoms with E-state index >= 15 is 0 Å². The van der Waals surface area contributed by atoms with Crippen molar-refractivity contribution in [2.75, 3.05) is 18.4 Å². The second-order valence-corrected chi connectivity index (χ2v) is 6.23. The summed E-state index contributed by atoms with van der Waals surface area (Å²) >= 11 is 0. The van der Waals surface area contributed by atoms with Gasteiger partial charge in [0.25, 0.3) is 0 Å². The standard InChI is InChI=1S/C17H21N3O/c1-12-17(13-4-7-20(12)8-5-13)19-16-3-2-14(10-18-16)15-6-9-21-11-15/h2-3,6,9-13,17H,4-5,7-8H2,1H3,(H,18,19)/t12-,17-/m1/s1. The van der Waals surface area contributed by atoms with Crippen molar-refractivity contribution >= 4 is 5.82 Å². The number of piperidine rings is 3. The van der Waals surface area contributed by atoms with Gasteiger partial charge < -0.3 is 9.73 Å². The Morgan fingerprint density at radius 3 is 2.67 bits per heavy atom. The van der Waals surface area contributed by atoms with Crippen molar-refractivity contribution in [1.82, 2.24) is 9.88 Å². The highest BCUT2D eigenvalue weighted by molar-refractivity contribution is 5.62. The van der Waals surface area contributed by atoms with E-state index in [1.807, 2.05) is 12.3 Å². The monoisotopic (exact) mass is 283 g/mol. The summed E-state index contributed by atoms with van der Waals surface area (Å²) < 4.78 is 5.12. The van der Waals surface area contributed by atoms with Crippen LogP contribution in [0.25, 0.3) is 11.1 Å². The number of anilines is 1. The largest absolute Gasteiger partial charge is 0.472 e. The second kappa shape index (κ2) is 5.19. The Labute approximate surface area is 125 Å². The maximum absolute atomic E-state index is 5.12. The van der Waals surface area contributed by atoms with Gasteiger partial charge in [0.15, 0.2) is 0 Å². The minimum Gasteiger partial charge on any atom is -0.472 e. The van der Waals surface area contributed by atoms with Gasteiger partial charge in [-0.15, -0.1) is 0 Å². The second-order valence-electron chi connectivity index (χ2n) is 6.23. The molecule has 5 heterocycles. The molecule has 0 unspecified atom stereocenters. The molecule has 3 saturated heterocycles. The van der Waals surface area contributed by atoms with Crippen LogP contribution in [0.15, 0.2) is 41.3 Å². The lowest BCUT2D eigenvalue weighted by atomic mass is 9.79. The first-order chi connectivity index (χ1) is 10.3. The minimum absolute atomic E-state index is 0.528. The molecule has 2 atom stereocenters. The molecule has 5 rings (SSSR count). The molecule has 21 heavy (non-hydrogen) atoms. The van der Waals surface area contributed by atoms with Gasteiger partial charge in [0, 0.05) is 29.4 Å². The average molecular weight is 283 g/mol. The molecule has 3 aliphatic heterocycles. The molecule has 2 aromatic heterocycles. The Morgan fingerprint density at radius 2 is 2.05 bits per heavy atom. The van der Waals surface area contributed by atoms with Gasteiger partial charge in [-0.1, -0.05) is 0 Å². The molecule has 0 spiro atoms. The van der Waals surface area contributed by atoms with Crippen molar-refractivity contribution in [3.8, 4) is 11.1 Å². The SMILES string of the molecule is C[C@@H]1[C@@H](Nc2ccc(-c3ccoc3)cn2)C2CCN1CC2. The lowest BCUT2D eigenvalue weighted by Crippen LogP contribution is -2.59. The summed E-state index contributed by atoms with van der Waals surface area (Å²) in [5.41, 5.74) is 2.17. The van der Waals surface area contributed by atoms with Crippen LogP contribution in [0.4, 0.5) is 5.82 Å². The maximum Gasteiger partial charge on any atom is 0.126 e. The average Bonchev–Trinajstić information content (AvgIpc) is 3.06. The van der Waals surface area contributed by atoms with E-state index in [9.17, 15) is 0 Å². The third kappa shape index (κ3) is 2.33. The molecule has 0 saturated carbocycles. The molecule has 0 aromatic carbocycles. The van der Waals surface area contributed by atoms with E-state index in [0.717, 1.165) is 22.9 Å². The molecule has 4 nitrogen and oxygen atoms in total. The summed E-state index contributed by atoms with van der Waals surface area (Å²) in [5, 5.41) is 3.66. The van der Waals surface area contributed by atoms with E-state index < -0.39 is 0 Å². The van der Waals surface area contributed by atoms with Gasteiger partial charge in [-0.25, -0.2) is 4.98 Å². The van der Waals surface area contributed by atoms with Crippen LogP contribution in [-0.4, -0.2) is 35.1 Å². The zero-order valence-electron chi connectivity index (χ0n) is 12.3. The van der Waals surface area contributed by atoms with E-state index in [2.05, 4.69) is 34.3 Å². The quantitative estimate of drug-likeness (QED) is 0.939. The van der Waals surface area contributed by atoms with Crippen LogP contribution in [0.3, 0.4) is 0 Å². The van der Waals surface area contributed by atoms with Crippen LogP contribution < -0.4 is 5.32 Å². The molecule has 2 bridgehead atoms. The topological polar surface area (TPSA) is 41.3 Å². The van der Waals surface area contributed by atoms with Gasteiger partial charge in [-0.05, 0) is 57.0 Å². The number of hydrogen-bond donors (Lipinski definition) is 1. The van der Waals surface area contributed by atoms with Crippen molar-refractivity contribution in [3.05, 3.63) is 36.9 Å². The van der Waals surface area contributed by atoms with Crippen molar-refractivity contribution in [2.24, 2.45) is 5.92 Å². The minimum atomic E-state index is 0.528. The fourth-order valence-corrected chi connectivity index (χ4v) is 3.79. The number of pyridine rings is 1.